The van der Waals surface area contributed by atoms with E-state index in [4.69, 9.17) is 0 Å². The van der Waals surface area contributed by atoms with Crippen molar-refractivity contribution in [3.05, 3.63) is 46.0 Å². The Balaban J connectivity index is 2.23. The van der Waals surface area contributed by atoms with E-state index in [1.165, 1.54) is 15.8 Å². The smallest absolute Gasteiger partial charge is 0.297 e. The molecule has 0 saturated carbocycles. The predicted molar refractivity (Wildman–Crippen MR) is 88.1 cm³/mol. The summed E-state index contributed by atoms with van der Waals surface area (Å²) in [7, 11) is 1.75. The molecule has 0 aliphatic carbocycles. The van der Waals surface area contributed by atoms with Crippen LogP contribution in [0.5, 0.6) is 0 Å². The van der Waals surface area contributed by atoms with Gasteiger partial charge in [-0.2, -0.15) is 10.1 Å². The summed E-state index contributed by atoms with van der Waals surface area (Å²) in [6.45, 7) is 7.03. The van der Waals surface area contributed by atoms with Crippen LogP contribution in [0.4, 0.5) is 0 Å². The molecular weight excluding hydrogens is 296 g/mol. The second kappa shape index (κ2) is 5.53. The third kappa shape index (κ3) is 2.39. The van der Waals surface area contributed by atoms with E-state index in [-0.39, 0.29) is 5.91 Å². The van der Waals surface area contributed by atoms with Crippen molar-refractivity contribution in [1.29, 1.82) is 0 Å². The van der Waals surface area contributed by atoms with Gasteiger partial charge in [0.15, 0.2) is 4.80 Å². The van der Waals surface area contributed by atoms with E-state index in [0.717, 1.165) is 16.9 Å². The molecule has 0 N–H and O–H groups in total. The maximum absolute atomic E-state index is 12.4. The van der Waals surface area contributed by atoms with Crippen molar-refractivity contribution in [3.63, 3.8) is 0 Å². The Labute approximate surface area is 132 Å². The van der Waals surface area contributed by atoms with Gasteiger partial charge in [-0.25, -0.2) is 0 Å². The molecule has 0 saturated heterocycles. The number of amides is 1. The number of hydrogen-bond donors (Lipinski definition) is 0. The Bertz CT molecular complexity index is 929. The summed E-state index contributed by atoms with van der Waals surface area (Å²) in [6, 6.07) is 5.99. The largest absolute Gasteiger partial charge is 0.317 e. The van der Waals surface area contributed by atoms with Gasteiger partial charge in [0, 0.05) is 19.8 Å². The van der Waals surface area contributed by atoms with Crippen molar-refractivity contribution < 1.29 is 4.79 Å². The second-order valence-electron chi connectivity index (χ2n) is 5.32. The van der Waals surface area contributed by atoms with Crippen molar-refractivity contribution in [2.45, 2.75) is 27.3 Å². The van der Waals surface area contributed by atoms with Gasteiger partial charge in [0.05, 0.1) is 10.2 Å². The fourth-order valence-corrected chi connectivity index (χ4v) is 3.77. The van der Waals surface area contributed by atoms with Gasteiger partial charge in [0.2, 0.25) is 0 Å². The van der Waals surface area contributed by atoms with Crippen LogP contribution in [-0.2, 0) is 13.6 Å². The van der Waals surface area contributed by atoms with Gasteiger partial charge >= 0.3 is 0 Å². The predicted octanol–water partition coefficient (Wildman–Crippen LogP) is 2.81. The lowest BCUT2D eigenvalue weighted by molar-refractivity contribution is 0.0989. The molecule has 0 atom stereocenters. The summed E-state index contributed by atoms with van der Waals surface area (Å²) in [6.07, 6.45) is 1.61. The number of fused-ring (bicyclic) bond motifs is 1. The molecule has 1 aromatic carbocycles. The highest BCUT2D eigenvalue weighted by molar-refractivity contribution is 7.16. The normalized spacial score (nSPS) is 12.3. The van der Waals surface area contributed by atoms with Crippen LogP contribution in [0, 0.1) is 13.8 Å². The zero-order valence-corrected chi connectivity index (χ0v) is 13.9. The lowest BCUT2D eigenvalue weighted by atomic mass is 10.1. The molecule has 114 valence electrons. The minimum absolute atomic E-state index is 0.261. The van der Waals surface area contributed by atoms with Crippen LogP contribution in [0.15, 0.2) is 29.4 Å². The van der Waals surface area contributed by atoms with Crippen LogP contribution in [0.2, 0.25) is 0 Å². The Hall–Kier alpha value is -2.21. The maximum Gasteiger partial charge on any atom is 0.297 e. The van der Waals surface area contributed by atoms with E-state index < -0.39 is 0 Å². The van der Waals surface area contributed by atoms with E-state index in [1.54, 1.807) is 35.3 Å². The lowest BCUT2D eigenvalue weighted by Gasteiger charge is -2.03. The van der Waals surface area contributed by atoms with E-state index in [9.17, 15) is 4.79 Å². The second-order valence-corrected chi connectivity index (χ2v) is 6.29. The number of nitrogens with zero attached hydrogens (tertiary/aromatic N) is 4. The molecule has 6 heteroatoms. The van der Waals surface area contributed by atoms with E-state index in [2.05, 4.69) is 47.6 Å². The van der Waals surface area contributed by atoms with Crippen LogP contribution in [0.1, 0.15) is 28.5 Å². The maximum atomic E-state index is 12.4. The molecule has 2 aromatic heterocycles. The minimum atomic E-state index is -0.261. The Morgan fingerprint density at radius 3 is 2.77 bits per heavy atom. The first-order valence-electron chi connectivity index (χ1n) is 7.19. The van der Waals surface area contributed by atoms with Gasteiger partial charge in [-0.15, -0.1) is 0 Å². The van der Waals surface area contributed by atoms with Crippen LogP contribution >= 0.6 is 11.3 Å². The van der Waals surface area contributed by atoms with Gasteiger partial charge < -0.3 is 4.57 Å². The van der Waals surface area contributed by atoms with E-state index in [0.29, 0.717) is 5.69 Å². The van der Waals surface area contributed by atoms with Crippen molar-refractivity contribution >= 4 is 27.5 Å². The summed E-state index contributed by atoms with van der Waals surface area (Å²) in [5.41, 5.74) is 4.07. The number of carbonyl (C=O) groups excluding carboxylic acids is 1. The summed E-state index contributed by atoms with van der Waals surface area (Å²) >= 11 is 1.56. The Morgan fingerprint density at radius 2 is 2.14 bits per heavy atom. The summed E-state index contributed by atoms with van der Waals surface area (Å²) in [5.74, 6) is -0.261. The first-order chi connectivity index (χ1) is 10.5. The van der Waals surface area contributed by atoms with Crippen LogP contribution in [0.3, 0.4) is 0 Å². The van der Waals surface area contributed by atoms with Gasteiger partial charge in [-0.1, -0.05) is 17.4 Å². The number of thiazole rings is 1. The molecule has 3 aromatic rings. The molecule has 0 radical (unpaired) electrons. The first-order valence-corrected chi connectivity index (χ1v) is 8.00. The van der Waals surface area contributed by atoms with Crippen LogP contribution < -0.4 is 4.80 Å². The Morgan fingerprint density at radius 1 is 1.36 bits per heavy atom. The molecular formula is C16H18N4OS. The average Bonchev–Trinajstić information content (AvgIpc) is 3.02. The van der Waals surface area contributed by atoms with Gasteiger partial charge in [-0.3, -0.25) is 9.48 Å². The topological polar surface area (TPSA) is 52.2 Å². The average molecular weight is 314 g/mol. The molecule has 0 unspecified atom stereocenters. The lowest BCUT2D eigenvalue weighted by Crippen LogP contribution is -2.17. The number of carbonyl (C=O) groups is 1. The van der Waals surface area contributed by atoms with Crippen LogP contribution in [0.25, 0.3) is 10.2 Å². The number of aryl methyl sites for hydroxylation is 4. The van der Waals surface area contributed by atoms with Crippen molar-refractivity contribution in [1.82, 2.24) is 14.3 Å². The number of hydrogen-bond acceptors (Lipinski definition) is 3. The van der Waals surface area contributed by atoms with Gasteiger partial charge in [0.25, 0.3) is 5.91 Å². The molecule has 0 aliphatic heterocycles. The van der Waals surface area contributed by atoms with E-state index >= 15 is 0 Å². The Kier molecular flexibility index (Phi) is 3.70. The monoisotopic (exact) mass is 314 g/mol. The van der Waals surface area contributed by atoms with Crippen LogP contribution in [-0.4, -0.2) is 20.3 Å². The molecule has 0 aliphatic rings. The third-order valence-electron chi connectivity index (χ3n) is 3.67. The molecule has 0 spiro atoms. The molecule has 5 nitrogen and oxygen atoms in total. The fraction of sp³-hybridized carbons (Fsp3) is 0.312. The minimum Gasteiger partial charge on any atom is -0.317 e. The molecule has 0 fully saturated rings. The van der Waals surface area contributed by atoms with Gasteiger partial charge in [-0.05, 0) is 44.0 Å². The highest BCUT2D eigenvalue weighted by Gasteiger charge is 2.12. The number of benzene rings is 1. The highest BCUT2D eigenvalue weighted by atomic mass is 32.1. The SMILES string of the molecule is CCn1c(=NC(=O)c2ccnn2C)sc2c(C)cc(C)cc21. The fourth-order valence-electron chi connectivity index (χ4n) is 2.63. The molecule has 2 heterocycles. The number of rotatable bonds is 2. The van der Waals surface area contributed by atoms with Crippen molar-refractivity contribution in [3.8, 4) is 0 Å². The molecule has 0 bridgehead atoms. The molecule has 1 amide bonds. The molecule has 3 rings (SSSR count). The first kappa shape index (κ1) is 14.7. The highest BCUT2D eigenvalue weighted by Crippen LogP contribution is 2.23. The van der Waals surface area contributed by atoms with Gasteiger partial charge in [0.1, 0.15) is 5.69 Å². The zero-order chi connectivity index (χ0) is 15.9. The third-order valence-corrected chi connectivity index (χ3v) is 4.90. The number of aromatic nitrogens is 3. The summed E-state index contributed by atoms with van der Waals surface area (Å²) in [5, 5.41) is 4.02. The van der Waals surface area contributed by atoms with Crippen molar-refractivity contribution in [2.24, 2.45) is 12.0 Å². The van der Waals surface area contributed by atoms with Crippen molar-refractivity contribution in [2.75, 3.05) is 0 Å². The summed E-state index contributed by atoms with van der Waals surface area (Å²) in [4.78, 5) is 17.4. The summed E-state index contributed by atoms with van der Waals surface area (Å²) < 4.78 is 4.82. The van der Waals surface area contributed by atoms with E-state index in [1.807, 2.05) is 0 Å². The quantitative estimate of drug-likeness (QED) is 0.730. The zero-order valence-electron chi connectivity index (χ0n) is 13.1. The standard InChI is InChI=1S/C16H18N4OS/c1-5-20-13-9-10(2)8-11(3)14(13)22-16(20)18-15(21)12-6-7-17-19(12)4/h6-9H,5H2,1-4H3. The molecule has 22 heavy (non-hydrogen) atoms.